The molecule has 0 spiro atoms. The first-order valence-electron chi connectivity index (χ1n) is 6.59. The lowest BCUT2D eigenvalue weighted by atomic mass is 9.82. The van der Waals surface area contributed by atoms with E-state index in [1.165, 1.54) is 12.3 Å². The van der Waals surface area contributed by atoms with Crippen LogP contribution in [0.4, 0.5) is 4.39 Å². The van der Waals surface area contributed by atoms with Crippen LogP contribution in [-0.4, -0.2) is 23.3 Å². The topological polar surface area (TPSA) is 55.1 Å². The summed E-state index contributed by atoms with van der Waals surface area (Å²) in [7, 11) is -0.856. The Hall–Kier alpha value is -1.45. The number of hydrogen-bond acceptors (Lipinski definition) is 4. The molecule has 0 bridgehead atoms. The smallest absolute Gasteiger partial charge is 0.398 e. The van der Waals surface area contributed by atoms with Crippen LogP contribution in [0, 0.1) is 17.1 Å². The van der Waals surface area contributed by atoms with Crippen molar-refractivity contribution < 1.29 is 13.7 Å². The Labute approximate surface area is 119 Å². The van der Waals surface area contributed by atoms with Gasteiger partial charge in [-0.15, -0.1) is 0 Å². The third kappa shape index (κ3) is 2.32. The Bertz CT molecular complexity index is 553. The molecule has 1 atom stereocenters. The summed E-state index contributed by atoms with van der Waals surface area (Å²) in [5, 5.41) is 8.94. The average molecular weight is 276 g/mol. The maximum Gasteiger partial charge on any atom is 0.517 e. The van der Waals surface area contributed by atoms with Gasteiger partial charge in [-0.2, -0.15) is 5.26 Å². The van der Waals surface area contributed by atoms with Gasteiger partial charge in [0.05, 0.1) is 23.2 Å². The molecule has 4 nitrogen and oxygen atoms in total. The summed E-state index contributed by atoms with van der Waals surface area (Å²) in [6, 6.07) is 3.53. The van der Waals surface area contributed by atoms with Crippen molar-refractivity contribution in [3.63, 3.8) is 0 Å². The van der Waals surface area contributed by atoms with Gasteiger partial charge in [-0.05, 0) is 40.7 Å². The summed E-state index contributed by atoms with van der Waals surface area (Å²) in [5.74, 6) is -1.07. The summed E-state index contributed by atoms with van der Waals surface area (Å²) in [4.78, 5) is 4.03. The predicted octanol–water partition coefficient (Wildman–Crippen LogP) is 2.15. The fourth-order valence-electron chi connectivity index (χ4n) is 2.00. The fraction of sp³-hybridized carbons (Fsp3) is 0.571. The number of halogens is 1. The van der Waals surface area contributed by atoms with Crippen molar-refractivity contribution >= 4 is 12.7 Å². The highest BCUT2D eigenvalue weighted by Gasteiger charge is 2.53. The Balaban J connectivity index is 2.39. The van der Waals surface area contributed by atoms with Gasteiger partial charge in [0.1, 0.15) is 11.4 Å². The molecule has 1 unspecified atom stereocenters. The lowest BCUT2D eigenvalue weighted by Gasteiger charge is -2.32. The van der Waals surface area contributed by atoms with E-state index in [9.17, 15) is 4.39 Å². The molecule has 2 rings (SSSR count). The zero-order chi connectivity index (χ0) is 15.1. The van der Waals surface area contributed by atoms with Crippen molar-refractivity contribution in [2.75, 3.05) is 0 Å². The minimum absolute atomic E-state index is 0.100. The van der Waals surface area contributed by atoms with Crippen LogP contribution in [0.25, 0.3) is 0 Å². The SMILES string of the molecule is CC(C#N)c1ccnc(B2OC(C)(C)C(C)(C)O2)c1F. The maximum absolute atomic E-state index is 14.5. The van der Waals surface area contributed by atoms with Crippen molar-refractivity contribution in [1.82, 2.24) is 4.98 Å². The minimum Gasteiger partial charge on any atom is -0.398 e. The zero-order valence-corrected chi connectivity index (χ0v) is 12.4. The zero-order valence-electron chi connectivity index (χ0n) is 12.4. The van der Waals surface area contributed by atoms with Gasteiger partial charge in [0.2, 0.25) is 0 Å². The normalized spacial score (nSPS) is 21.6. The molecule has 1 saturated heterocycles. The largest absolute Gasteiger partial charge is 0.517 e. The monoisotopic (exact) mass is 276 g/mol. The van der Waals surface area contributed by atoms with E-state index in [2.05, 4.69) is 4.98 Å². The molecular formula is C14H18BFN2O2. The van der Waals surface area contributed by atoms with E-state index >= 15 is 0 Å². The molecule has 2 heterocycles. The Morgan fingerprint density at radius 1 is 1.30 bits per heavy atom. The summed E-state index contributed by atoms with van der Waals surface area (Å²) in [6.07, 6.45) is 1.48. The molecule has 1 fully saturated rings. The first-order valence-corrected chi connectivity index (χ1v) is 6.59. The number of nitrogens with zero attached hydrogens (tertiary/aromatic N) is 2. The maximum atomic E-state index is 14.5. The van der Waals surface area contributed by atoms with E-state index in [1.807, 2.05) is 33.8 Å². The van der Waals surface area contributed by atoms with Gasteiger partial charge in [-0.25, -0.2) is 4.39 Å². The quantitative estimate of drug-likeness (QED) is 0.776. The van der Waals surface area contributed by atoms with Crippen molar-refractivity contribution in [1.29, 1.82) is 5.26 Å². The van der Waals surface area contributed by atoms with E-state index in [0.29, 0.717) is 5.56 Å². The molecule has 6 heteroatoms. The highest BCUT2D eigenvalue weighted by molar-refractivity contribution is 6.61. The molecule has 1 aromatic rings. The average Bonchev–Trinajstić information content (AvgIpc) is 2.57. The van der Waals surface area contributed by atoms with Crippen molar-refractivity contribution in [2.24, 2.45) is 0 Å². The molecule has 0 saturated carbocycles. The van der Waals surface area contributed by atoms with Crippen LogP contribution in [0.2, 0.25) is 0 Å². The number of hydrogen-bond donors (Lipinski definition) is 0. The molecule has 0 amide bonds. The van der Waals surface area contributed by atoms with Crippen molar-refractivity contribution in [3.8, 4) is 6.07 Å². The van der Waals surface area contributed by atoms with E-state index in [1.54, 1.807) is 6.92 Å². The van der Waals surface area contributed by atoms with Gasteiger partial charge in [-0.3, -0.25) is 4.98 Å². The molecule has 0 aliphatic carbocycles. The lowest BCUT2D eigenvalue weighted by molar-refractivity contribution is 0.00578. The Morgan fingerprint density at radius 2 is 1.85 bits per heavy atom. The molecule has 20 heavy (non-hydrogen) atoms. The van der Waals surface area contributed by atoms with Gasteiger partial charge in [0.25, 0.3) is 0 Å². The Kier molecular flexibility index (Phi) is 3.61. The molecule has 1 aliphatic rings. The van der Waals surface area contributed by atoms with Crippen LogP contribution in [-0.2, 0) is 9.31 Å². The second-order valence-electron chi connectivity index (χ2n) is 6.04. The molecule has 1 aromatic heterocycles. The van der Waals surface area contributed by atoms with E-state index in [-0.39, 0.29) is 5.59 Å². The predicted molar refractivity (Wildman–Crippen MR) is 73.9 cm³/mol. The van der Waals surface area contributed by atoms with E-state index in [0.717, 1.165) is 0 Å². The van der Waals surface area contributed by atoms with Gasteiger partial charge >= 0.3 is 7.12 Å². The summed E-state index contributed by atoms with van der Waals surface area (Å²) in [6.45, 7) is 9.23. The van der Waals surface area contributed by atoms with Crippen LogP contribution in [0.5, 0.6) is 0 Å². The standard InChI is InChI=1S/C14H18BFN2O2/c1-9(8-17)10-6-7-18-12(11(10)16)15-19-13(2,3)14(4,5)20-15/h6-7,9H,1-5H3. The highest BCUT2D eigenvalue weighted by atomic mass is 19.1. The Morgan fingerprint density at radius 3 is 2.35 bits per heavy atom. The van der Waals surface area contributed by atoms with Gasteiger partial charge < -0.3 is 9.31 Å². The second-order valence-corrected chi connectivity index (χ2v) is 6.04. The van der Waals surface area contributed by atoms with Crippen LogP contribution in [0.3, 0.4) is 0 Å². The van der Waals surface area contributed by atoms with Crippen LogP contribution < -0.4 is 5.59 Å². The molecule has 0 radical (unpaired) electrons. The fourth-order valence-corrected chi connectivity index (χ4v) is 2.00. The first kappa shape index (κ1) is 15.0. The van der Waals surface area contributed by atoms with Crippen molar-refractivity contribution in [2.45, 2.75) is 51.7 Å². The van der Waals surface area contributed by atoms with Gasteiger partial charge in [-0.1, -0.05) is 0 Å². The van der Waals surface area contributed by atoms with E-state index in [4.69, 9.17) is 14.6 Å². The second kappa shape index (κ2) is 4.83. The van der Waals surface area contributed by atoms with Crippen molar-refractivity contribution in [3.05, 3.63) is 23.6 Å². The third-order valence-electron chi connectivity index (χ3n) is 4.08. The molecular weight excluding hydrogens is 258 g/mol. The number of nitriles is 1. The summed E-state index contributed by atoms with van der Waals surface area (Å²) >= 11 is 0. The minimum atomic E-state index is -0.856. The number of rotatable bonds is 2. The van der Waals surface area contributed by atoms with Crippen LogP contribution in [0.15, 0.2) is 12.3 Å². The van der Waals surface area contributed by atoms with Crippen LogP contribution >= 0.6 is 0 Å². The third-order valence-corrected chi connectivity index (χ3v) is 4.08. The molecule has 106 valence electrons. The summed E-state index contributed by atoms with van der Waals surface area (Å²) in [5.41, 5.74) is -0.693. The number of pyridine rings is 1. The lowest BCUT2D eigenvalue weighted by Crippen LogP contribution is -2.41. The van der Waals surface area contributed by atoms with Gasteiger partial charge in [0.15, 0.2) is 0 Å². The molecule has 0 aromatic carbocycles. The molecule has 0 N–H and O–H groups in total. The highest BCUT2D eigenvalue weighted by Crippen LogP contribution is 2.36. The first-order chi connectivity index (χ1) is 9.19. The number of aromatic nitrogens is 1. The van der Waals surface area contributed by atoms with Gasteiger partial charge in [0, 0.05) is 11.8 Å². The summed E-state index contributed by atoms with van der Waals surface area (Å²) < 4.78 is 26.1. The molecule has 1 aliphatic heterocycles. The van der Waals surface area contributed by atoms with E-state index < -0.39 is 30.1 Å². The van der Waals surface area contributed by atoms with Crippen LogP contribution in [0.1, 0.15) is 46.1 Å².